The summed E-state index contributed by atoms with van der Waals surface area (Å²) in [5.74, 6) is -7.88. The summed E-state index contributed by atoms with van der Waals surface area (Å²) in [4.78, 5) is 86.9. The molecule has 0 bridgehead atoms. The number of carbonyl (C=O) groups is 5. The fraction of sp³-hybridized carbons (Fsp3) is 0.294. The molecule has 11 N–H and O–H groups in total. The van der Waals surface area contributed by atoms with E-state index in [-0.39, 0.29) is 44.3 Å². The van der Waals surface area contributed by atoms with Crippen molar-refractivity contribution in [3.05, 3.63) is 95.6 Å². The number of benzene rings is 3. The summed E-state index contributed by atoms with van der Waals surface area (Å²) in [6.45, 7) is -0.796. The largest absolute Gasteiger partial charge is 0.480 e. The lowest BCUT2D eigenvalue weighted by molar-refractivity contribution is -0.142. The number of amides is 4. The van der Waals surface area contributed by atoms with Crippen LogP contribution in [-0.4, -0.2) is 88.2 Å². The highest BCUT2D eigenvalue weighted by Gasteiger charge is 2.39. The molecule has 0 aromatic heterocycles. The predicted molar refractivity (Wildman–Crippen MR) is 189 cm³/mol. The van der Waals surface area contributed by atoms with Gasteiger partial charge in [0.2, 0.25) is 17.6 Å². The van der Waals surface area contributed by atoms with Crippen molar-refractivity contribution in [1.29, 1.82) is 0 Å². The van der Waals surface area contributed by atoms with E-state index in [0.717, 1.165) is 22.3 Å². The first-order valence-electron chi connectivity index (χ1n) is 16.1. The van der Waals surface area contributed by atoms with Gasteiger partial charge in [0, 0.05) is 18.9 Å². The lowest BCUT2D eigenvalue weighted by Gasteiger charge is -2.23. The van der Waals surface area contributed by atoms with Crippen molar-refractivity contribution in [2.45, 2.75) is 43.0 Å². The molecule has 0 aliphatic heterocycles. The maximum atomic E-state index is 13.2. The monoisotopic (exact) mass is 737 g/mol. The van der Waals surface area contributed by atoms with Crippen molar-refractivity contribution >= 4 is 43.3 Å². The van der Waals surface area contributed by atoms with E-state index in [0.29, 0.717) is 5.56 Å². The Morgan fingerprint density at radius 1 is 0.808 bits per heavy atom. The molecule has 0 saturated heterocycles. The molecule has 4 amide bonds. The van der Waals surface area contributed by atoms with E-state index in [2.05, 4.69) is 15.6 Å². The number of nitrogens with two attached hydrogens (primary N) is 2. The summed E-state index contributed by atoms with van der Waals surface area (Å²) >= 11 is 0. The van der Waals surface area contributed by atoms with Crippen molar-refractivity contribution in [1.82, 2.24) is 21.3 Å². The molecular formula is C34H40N7O10P. The van der Waals surface area contributed by atoms with Gasteiger partial charge >= 0.3 is 19.7 Å². The molecule has 0 heterocycles. The normalized spacial score (nSPS) is 13.7. The summed E-state index contributed by atoms with van der Waals surface area (Å²) < 4.78 is 17.7. The van der Waals surface area contributed by atoms with Crippen molar-refractivity contribution in [2.24, 2.45) is 16.5 Å². The van der Waals surface area contributed by atoms with Crippen molar-refractivity contribution in [3.8, 4) is 11.1 Å². The second kappa shape index (κ2) is 17.9. The molecule has 1 aliphatic rings. The molecule has 276 valence electrons. The van der Waals surface area contributed by atoms with E-state index in [1.165, 1.54) is 0 Å². The molecule has 3 aromatic carbocycles. The van der Waals surface area contributed by atoms with Gasteiger partial charge in [-0.15, -0.1) is 0 Å². The van der Waals surface area contributed by atoms with Crippen LogP contribution in [-0.2, 0) is 34.9 Å². The number of carboxylic acid groups (broad SMARTS) is 1. The second-order valence-corrected chi connectivity index (χ2v) is 13.5. The van der Waals surface area contributed by atoms with Crippen LogP contribution >= 0.6 is 7.60 Å². The zero-order chi connectivity index (χ0) is 37.8. The van der Waals surface area contributed by atoms with E-state index in [9.17, 15) is 43.4 Å². The summed E-state index contributed by atoms with van der Waals surface area (Å²) in [5.41, 5.74) is 15.3. The average molecular weight is 738 g/mol. The average Bonchev–Trinajstić information content (AvgIpc) is 3.42. The Morgan fingerprint density at radius 3 is 1.98 bits per heavy atom. The van der Waals surface area contributed by atoms with Crippen LogP contribution in [0.15, 0.2) is 83.9 Å². The molecule has 0 saturated carbocycles. The number of carbonyl (C=O) groups excluding carboxylic acids is 4. The number of rotatable bonds is 17. The van der Waals surface area contributed by atoms with E-state index in [4.69, 9.17) is 16.2 Å². The van der Waals surface area contributed by atoms with Gasteiger partial charge in [-0.05, 0) is 40.7 Å². The van der Waals surface area contributed by atoms with Crippen molar-refractivity contribution in [2.75, 3.05) is 19.7 Å². The molecule has 18 heteroatoms. The SMILES string of the molecule is NC(N)=NCCC[C@H](NC(=O)OCC1c2ccccc2-c2ccccc21)C(=O)NCC(=O)N[C@H](C(=O)N[C@@H](Cc1ccccc1)C(=O)O)P(=O)(O)O. The van der Waals surface area contributed by atoms with Gasteiger partial charge in [-0.1, -0.05) is 78.9 Å². The van der Waals surface area contributed by atoms with E-state index < -0.39 is 61.8 Å². The summed E-state index contributed by atoms with van der Waals surface area (Å²) in [7, 11) is -5.38. The molecular weight excluding hydrogens is 697 g/mol. The van der Waals surface area contributed by atoms with Gasteiger partial charge in [-0.25, -0.2) is 9.59 Å². The van der Waals surface area contributed by atoms with Gasteiger partial charge in [0.05, 0.1) is 6.54 Å². The van der Waals surface area contributed by atoms with Crippen LogP contribution in [0.25, 0.3) is 11.1 Å². The van der Waals surface area contributed by atoms with E-state index in [1.807, 2.05) is 59.2 Å². The fourth-order valence-electron chi connectivity index (χ4n) is 5.65. The van der Waals surface area contributed by atoms with Gasteiger partial charge < -0.3 is 52.4 Å². The Bertz CT molecular complexity index is 1800. The van der Waals surface area contributed by atoms with Crippen molar-refractivity contribution in [3.63, 3.8) is 0 Å². The molecule has 3 atom stereocenters. The molecule has 3 aromatic rings. The maximum Gasteiger partial charge on any atom is 0.407 e. The summed E-state index contributed by atoms with van der Waals surface area (Å²) in [6, 6.07) is 20.8. The number of guanidine groups is 1. The first-order chi connectivity index (χ1) is 24.7. The van der Waals surface area contributed by atoms with Gasteiger partial charge in [0.15, 0.2) is 5.96 Å². The predicted octanol–water partition coefficient (Wildman–Crippen LogP) is 0.496. The van der Waals surface area contributed by atoms with Gasteiger partial charge in [-0.3, -0.25) is 23.9 Å². The molecule has 52 heavy (non-hydrogen) atoms. The third-order valence-electron chi connectivity index (χ3n) is 8.10. The zero-order valence-electron chi connectivity index (χ0n) is 27.8. The highest BCUT2D eigenvalue weighted by atomic mass is 31.2. The topological polar surface area (TPSA) is 285 Å². The summed E-state index contributed by atoms with van der Waals surface area (Å²) in [6.07, 6.45) is -0.906. The Hall–Kier alpha value is -5.77. The van der Waals surface area contributed by atoms with E-state index in [1.54, 1.807) is 30.3 Å². The number of ether oxygens (including phenoxy) is 1. The second-order valence-electron chi connectivity index (χ2n) is 11.8. The lowest BCUT2D eigenvalue weighted by Crippen LogP contribution is -2.54. The Kier molecular flexibility index (Phi) is 13.5. The Morgan fingerprint density at radius 2 is 1.40 bits per heavy atom. The molecule has 1 aliphatic carbocycles. The number of fused-ring (bicyclic) bond motifs is 3. The zero-order valence-corrected chi connectivity index (χ0v) is 28.7. The van der Waals surface area contributed by atoms with Gasteiger partial charge in [0.25, 0.3) is 5.91 Å². The number of alkyl carbamates (subject to hydrolysis) is 1. The third-order valence-corrected chi connectivity index (χ3v) is 9.14. The van der Waals surface area contributed by atoms with Gasteiger partial charge in [0.1, 0.15) is 18.7 Å². The molecule has 0 fully saturated rings. The number of hydrogen-bond donors (Lipinski definition) is 9. The molecule has 17 nitrogen and oxygen atoms in total. The minimum absolute atomic E-state index is 0.0000677. The van der Waals surface area contributed by atoms with Crippen LogP contribution in [0.3, 0.4) is 0 Å². The fourth-order valence-corrected chi connectivity index (χ4v) is 6.34. The number of hydrogen-bond acceptors (Lipinski definition) is 8. The van der Waals surface area contributed by atoms with E-state index >= 15 is 0 Å². The molecule has 0 radical (unpaired) electrons. The van der Waals surface area contributed by atoms with Crippen LogP contribution in [0.4, 0.5) is 4.79 Å². The van der Waals surface area contributed by atoms with Crippen molar-refractivity contribution < 1.29 is 48.2 Å². The van der Waals surface area contributed by atoms with Gasteiger partial charge in [-0.2, -0.15) is 0 Å². The summed E-state index contributed by atoms with van der Waals surface area (Å²) in [5, 5.41) is 18.2. The Labute approximate surface area is 298 Å². The third kappa shape index (κ3) is 10.9. The molecule has 0 unspecified atom stereocenters. The lowest BCUT2D eigenvalue weighted by atomic mass is 9.98. The quantitative estimate of drug-likeness (QED) is 0.0396. The number of aliphatic carboxylic acids is 1. The first kappa shape index (κ1) is 39.0. The van der Waals surface area contributed by atoms with Crippen LogP contribution in [0.1, 0.15) is 35.4 Å². The standard InChI is InChI=1S/C34H40N7O10P/c35-33(36)37-16-8-15-26(40-34(47)51-19-25-23-13-6-4-11-21(23)22-12-5-7-14-24(22)25)29(43)38-18-28(42)41-31(52(48,49)50)30(44)39-27(32(45)46)17-20-9-2-1-3-10-20/h1-7,9-14,25-27,31H,8,15-19H2,(H,38,43)(H,39,44)(H,40,47)(H,41,42)(H,45,46)(H4,35,36,37)(H2,48,49,50)/t26-,27-,31-/m0/s1. The maximum absolute atomic E-state index is 13.2. The van der Waals surface area contributed by atoms with Crippen LogP contribution in [0.2, 0.25) is 0 Å². The minimum Gasteiger partial charge on any atom is -0.480 e. The van der Waals surface area contributed by atoms with Crippen LogP contribution in [0.5, 0.6) is 0 Å². The Balaban J connectivity index is 1.36. The van der Waals surface area contributed by atoms with Crippen LogP contribution in [0, 0.1) is 0 Å². The number of carboxylic acids is 1. The molecule has 4 rings (SSSR count). The first-order valence-corrected chi connectivity index (χ1v) is 17.8. The van der Waals surface area contributed by atoms with Crippen LogP contribution < -0.4 is 32.7 Å². The molecule has 0 spiro atoms. The smallest absolute Gasteiger partial charge is 0.407 e. The number of nitrogens with zero attached hydrogens (tertiary/aromatic N) is 1. The number of nitrogens with one attached hydrogen (secondary N) is 4. The minimum atomic E-state index is -5.38. The number of aliphatic imine (C=N–C) groups is 1. The highest BCUT2D eigenvalue weighted by Crippen LogP contribution is 2.44. The highest BCUT2D eigenvalue weighted by molar-refractivity contribution is 7.53.